The van der Waals surface area contributed by atoms with Gasteiger partial charge in [0.1, 0.15) is 0 Å². The molecular formula is C27H45O4S-. The smallest absolute Gasteiger partial charge is 0.217 e. The average Bonchev–Trinajstić information content (AvgIpc) is 3.04. The minimum atomic E-state index is -4.63. The van der Waals surface area contributed by atoms with E-state index in [1.165, 1.54) is 50.5 Å². The fourth-order valence-corrected chi connectivity index (χ4v) is 9.40. The van der Waals surface area contributed by atoms with E-state index in [-0.39, 0.29) is 5.41 Å². The van der Waals surface area contributed by atoms with Crippen LogP contribution in [0.2, 0.25) is 0 Å². The van der Waals surface area contributed by atoms with Gasteiger partial charge in [0, 0.05) is 0 Å². The van der Waals surface area contributed by atoms with Gasteiger partial charge in [-0.3, -0.25) is 4.18 Å². The lowest BCUT2D eigenvalue weighted by atomic mass is 9.47. The van der Waals surface area contributed by atoms with Crippen LogP contribution in [0.15, 0.2) is 11.6 Å². The zero-order chi connectivity index (χ0) is 23.3. The first-order valence-electron chi connectivity index (χ1n) is 13.3. The Bertz CT molecular complexity index is 818. The molecule has 3 fully saturated rings. The first kappa shape index (κ1) is 24.7. The van der Waals surface area contributed by atoms with Gasteiger partial charge in [0.05, 0.1) is 6.10 Å². The highest BCUT2D eigenvalue weighted by Gasteiger charge is 2.59. The van der Waals surface area contributed by atoms with Crippen molar-refractivity contribution < 1.29 is 17.2 Å². The Morgan fingerprint density at radius 1 is 1.06 bits per heavy atom. The van der Waals surface area contributed by atoms with Crippen LogP contribution < -0.4 is 0 Å². The van der Waals surface area contributed by atoms with Gasteiger partial charge in [-0.1, -0.05) is 65.5 Å². The molecule has 0 N–H and O–H groups in total. The number of rotatable bonds is 7. The van der Waals surface area contributed by atoms with Crippen molar-refractivity contribution in [2.75, 3.05) is 0 Å². The van der Waals surface area contributed by atoms with Crippen molar-refractivity contribution in [3.05, 3.63) is 11.6 Å². The van der Waals surface area contributed by atoms with Crippen molar-refractivity contribution in [3.8, 4) is 0 Å². The lowest BCUT2D eigenvalue weighted by molar-refractivity contribution is -0.0561. The SMILES string of the molecule is CC(C)CCC[C@@H](C)[C@H]1CC[C@H]2C3CC=C4C[C@@H](OS(=O)(=O)[O-])CC[C@]4(C)[C@H]3CC[C@]12C. The summed E-state index contributed by atoms with van der Waals surface area (Å²) in [6.07, 6.45) is 14.8. The minimum Gasteiger partial charge on any atom is -0.726 e. The Labute approximate surface area is 196 Å². The maximum absolute atomic E-state index is 11.1. The molecule has 0 spiro atoms. The van der Waals surface area contributed by atoms with E-state index in [9.17, 15) is 13.0 Å². The van der Waals surface area contributed by atoms with Crippen molar-refractivity contribution in [2.45, 2.75) is 111 Å². The Morgan fingerprint density at radius 2 is 1.81 bits per heavy atom. The van der Waals surface area contributed by atoms with Gasteiger partial charge in [-0.2, -0.15) is 0 Å². The Hall–Kier alpha value is -0.390. The van der Waals surface area contributed by atoms with Crippen molar-refractivity contribution in [3.63, 3.8) is 0 Å². The maximum Gasteiger partial charge on any atom is 0.217 e. The molecule has 0 amide bonds. The second-order valence-electron chi connectivity index (χ2n) is 12.7. The first-order valence-corrected chi connectivity index (χ1v) is 14.6. The van der Waals surface area contributed by atoms with Gasteiger partial charge in [-0.15, -0.1) is 0 Å². The maximum atomic E-state index is 11.1. The number of hydrogen-bond donors (Lipinski definition) is 0. The molecule has 0 heterocycles. The van der Waals surface area contributed by atoms with Crippen LogP contribution in [0.4, 0.5) is 0 Å². The topological polar surface area (TPSA) is 66.4 Å². The predicted octanol–water partition coefficient (Wildman–Crippen LogP) is 6.87. The lowest BCUT2D eigenvalue weighted by Gasteiger charge is -2.58. The van der Waals surface area contributed by atoms with Gasteiger partial charge < -0.3 is 4.55 Å². The van der Waals surface area contributed by atoms with Gasteiger partial charge in [0.15, 0.2) is 0 Å². The zero-order valence-electron chi connectivity index (χ0n) is 20.9. The molecule has 0 radical (unpaired) electrons. The van der Waals surface area contributed by atoms with Crippen LogP contribution in [0.5, 0.6) is 0 Å². The third-order valence-corrected chi connectivity index (χ3v) is 11.0. The van der Waals surface area contributed by atoms with Crippen LogP contribution in [0.1, 0.15) is 105 Å². The summed E-state index contributed by atoms with van der Waals surface area (Å²) in [5.74, 6) is 4.78. The standard InChI is InChI=1S/C27H46O4S/c1-18(2)7-6-8-19(3)23-11-12-24-22-10-9-20-17-21(31-32(28,29)30)13-15-26(20,4)25(22)14-16-27(23,24)5/h9,18-19,21-25H,6-8,10-17H2,1-5H3,(H,28,29,30)/p-1/t19-,21+,22?,23-,24+,25+,26+,27-/m1/s1. The molecule has 0 saturated heterocycles. The number of allylic oxidation sites excluding steroid dienone is 1. The molecule has 0 aromatic carbocycles. The first-order chi connectivity index (χ1) is 14.9. The van der Waals surface area contributed by atoms with Crippen molar-refractivity contribution in [1.82, 2.24) is 0 Å². The normalized spacial score (nSPS) is 42.7. The summed E-state index contributed by atoms with van der Waals surface area (Å²) >= 11 is 0. The fourth-order valence-electron chi connectivity index (χ4n) is 8.90. The van der Waals surface area contributed by atoms with Crippen LogP contribution in [0.25, 0.3) is 0 Å². The molecule has 32 heavy (non-hydrogen) atoms. The molecule has 5 heteroatoms. The van der Waals surface area contributed by atoms with Crippen LogP contribution in [0, 0.1) is 46.3 Å². The monoisotopic (exact) mass is 465 g/mol. The van der Waals surface area contributed by atoms with Crippen LogP contribution in [-0.2, 0) is 14.6 Å². The van der Waals surface area contributed by atoms with E-state index in [0.717, 1.165) is 42.4 Å². The fraction of sp³-hybridized carbons (Fsp3) is 0.926. The van der Waals surface area contributed by atoms with E-state index in [1.807, 2.05) is 0 Å². The van der Waals surface area contributed by atoms with Crippen molar-refractivity contribution in [1.29, 1.82) is 0 Å². The van der Waals surface area contributed by atoms with E-state index < -0.39 is 16.5 Å². The molecule has 0 bridgehead atoms. The summed E-state index contributed by atoms with van der Waals surface area (Å²) in [4.78, 5) is 0. The molecule has 3 saturated carbocycles. The number of fused-ring (bicyclic) bond motifs is 5. The Kier molecular flexibility index (Phi) is 6.95. The highest BCUT2D eigenvalue weighted by atomic mass is 32.3. The molecule has 1 unspecified atom stereocenters. The summed E-state index contributed by atoms with van der Waals surface area (Å²) in [6.45, 7) is 12.2. The molecule has 0 aliphatic heterocycles. The van der Waals surface area contributed by atoms with E-state index in [2.05, 4.69) is 40.7 Å². The summed E-state index contributed by atoms with van der Waals surface area (Å²) in [5.41, 5.74) is 1.99. The summed E-state index contributed by atoms with van der Waals surface area (Å²) in [6, 6.07) is 0. The second kappa shape index (κ2) is 9.00. The molecule has 4 rings (SSSR count). The average molecular weight is 466 g/mol. The second-order valence-corrected chi connectivity index (χ2v) is 13.7. The molecule has 0 aromatic rings. The number of hydrogen-bond acceptors (Lipinski definition) is 4. The van der Waals surface area contributed by atoms with Crippen LogP contribution in [0.3, 0.4) is 0 Å². The molecule has 8 atom stereocenters. The molecule has 4 aliphatic carbocycles. The summed E-state index contributed by atoms with van der Waals surface area (Å²) < 4.78 is 38.2. The summed E-state index contributed by atoms with van der Waals surface area (Å²) in [5, 5.41) is 0. The van der Waals surface area contributed by atoms with Crippen LogP contribution >= 0.6 is 0 Å². The van der Waals surface area contributed by atoms with E-state index >= 15 is 0 Å². The Morgan fingerprint density at radius 3 is 2.50 bits per heavy atom. The van der Waals surface area contributed by atoms with Crippen molar-refractivity contribution in [2.24, 2.45) is 46.3 Å². The van der Waals surface area contributed by atoms with Crippen molar-refractivity contribution >= 4 is 10.4 Å². The highest BCUT2D eigenvalue weighted by Crippen LogP contribution is 2.67. The van der Waals surface area contributed by atoms with E-state index in [1.54, 1.807) is 0 Å². The van der Waals surface area contributed by atoms with Crippen LogP contribution in [-0.4, -0.2) is 19.1 Å². The van der Waals surface area contributed by atoms with Gasteiger partial charge in [0.25, 0.3) is 0 Å². The quantitative estimate of drug-likeness (QED) is 0.234. The molecule has 0 aromatic heterocycles. The molecule has 4 nitrogen and oxygen atoms in total. The third-order valence-electron chi connectivity index (χ3n) is 10.5. The van der Waals surface area contributed by atoms with E-state index in [0.29, 0.717) is 24.2 Å². The zero-order valence-corrected chi connectivity index (χ0v) is 21.8. The Balaban J connectivity index is 1.47. The molecule has 4 aliphatic rings. The predicted molar refractivity (Wildman–Crippen MR) is 128 cm³/mol. The highest BCUT2D eigenvalue weighted by molar-refractivity contribution is 7.80. The third kappa shape index (κ3) is 4.60. The van der Waals surface area contributed by atoms with Gasteiger partial charge in [0.2, 0.25) is 10.4 Å². The van der Waals surface area contributed by atoms with Gasteiger partial charge >= 0.3 is 0 Å². The lowest BCUT2D eigenvalue weighted by Crippen LogP contribution is -2.51. The van der Waals surface area contributed by atoms with E-state index in [4.69, 9.17) is 4.18 Å². The molecular weight excluding hydrogens is 420 g/mol. The minimum absolute atomic E-state index is 0.151. The summed E-state index contributed by atoms with van der Waals surface area (Å²) in [7, 11) is -4.63. The molecule has 184 valence electrons. The van der Waals surface area contributed by atoms with Gasteiger partial charge in [-0.05, 0) is 97.7 Å². The largest absolute Gasteiger partial charge is 0.726 e. The van der Waals surface area contributed by atoms with Gasteiger partial charge in [-0.25, -0.2) is 8.42 Å².